The maximum absolute atomic E-state index is 12.4. The summed E-state index contributed by atoms with van der Waals surface area (Å²) in [4.78, 5) is 24.4. The number of amides is 2. The highest BCUT2D eigenvalue weighted by molar-refractivity contribution is 6.02. The number of rotatable bonds is 7. The minimum Gasteiger partial charge on any atom is -0.459 e. The van der Waals surface area contributed by atoms with Crippen molar-refractivity contribution in [1.82, 2.24) is 5.32 Å². The molecule has 0 aliphatic carbocycles. The molecule has 1 aromatic heterocycles. The lowest BCUT2D eigenvalue weighted by atomic mass is 10.1. The molecule has 0 aliphatic heterocycles. The first-order valence-electron chi connectivity index (χ1n) is 8.46. The zero-order chi connectivity index (χ0) is 19.1. The van der Waals surface area contributed by atoms with E-state index in [-0.39, 0.29) is 17.6 Å². The van der Waals surface area contributed by atoms with E-state index >= 15 is 0 Å². The van der Waals surface area contributed by atoms with Crippen LogP contribution in [0.3, 0.4) is 0 Å². The molecule has 0 unspecified atom stereocenters. The molecule has 0 saturated carbocycles. The van der Waals surface area contributed by atoms with Gasteiger partial charge in [-0.3, -0.25) is 9.59 Å². The van der Waals surface area contributed by atoms with Crippen molar-refractivity contribution in [3.8, 4) is 0 Å². The molecule has 0 radical (unpaired) electrons. The standard InChI is InChI=1S/C21H20N2O4/c1-26-14-16-5-2-3-6-18(16)20(24)22-13-15-8-10-17(11-9-15)23-21(25)19-7-4-12-27-19/h2-12H,13-14H2,1H3,(H,22,24)(H,23,25). The van der Waals surface area contributed by atoms with E-state index in [0.717, 1.165) is 11.1 Å². The van der Waals surface area contributed by atoms with E-state index in [4.69, 9.17) is 9.15 Å². The molecule has 6 nitrogen and oxygen atoms in total. The molecule has 2 aromatic carbocycles. The van der Waals surface area contributed by atoms with E-state index in [1.807, 2.05) is 30.3 Å². The second-order valence-electron chi connectivity index (χ2n) is 5.90. The Hall–Kier alpha value is -3.38. The summed E-state index contributed by atoms with van der Waals surface area (Å²) in [5.41, 5.74) is 3.01. The second kappa shape index (κ2) is 8.82. The van der Waals surface area contributed by atoms with Crippen LogP contribution < -0.4 is 10.6 Å². The van der Waals surface area contributed by atoms with Crippen LogP contribution >= 0.6 is 0 Å². The molecular formula is C21H20N2O4. The molecule has 6 heteroatoms. The quantitative estimate of drug-likeness (QED) is 0.671. The van der Waals surface area contributed by atoms with Gasteiger partial charge in [0.05, 0.1) is 12.9 Å². The number of anilines is 1. The van der Waals surface area contributed by atoms with Crippen LogP contribution in [-0.4, -0.2) is 18.9 Å². The lowest BCUT2D eigenvalue weighted by Crippen LogP contribution is -2.24. The average molecular weight is 364 g/mol. The van der Waals surface area contributed by atoms with Gasteiger partial charge in [0.25, 0.3) is 11.8 Å². The van der Waals surface area contributed by atoms with Crippen LogP contribution in [0.5, 0.6) is 0 Å². The van der Waals surface area contributed by atoms with Crippen molar-refractivity contribution in [3.63, 3.8) is 0 Å². The number of benzene rings is 2. The van der Waals surface area contributed by atoms with E-state index in [1.54, 1.807) is 37.4 Å². The van der Waals surface area contributed by atoms with Crippen molar-refractivity contribution in [1.29, 1.82) is 0 Å². The summed E-state index contributed by atoms with van der Waals surface area (Å²) in [6.07, 6.45) is 1.45. The maximum Gasteiger partial charge on any atom is 0.291 e. The summed E-state index contributed by atoms with van der Waals surface area (Å²) >= 11 is 0. The highest BCUT2D eigenvalue weighted by atomic mass is 16.5. The lowest BCUT2D eigenvalue weighted by molar-refractivity contribution is 0.0945. The van der Waals surface area contributed by atoms with Crippen molar-refractivity contribution in [2.45, 2.75) is 13.2 Å². The summed E-state index contributed by atoms with van der Waals surface area (Å²) in [5.74, 6) is -0.213. The molecule has 3 rings (SSSR count). The third-order valence-electron chi connectivity index (χ3n) is 3.97. The van der Waals surface area contributed by atoms with Gasteiger partial charge in [0.15, 0.2) is 5.76 Å². The fourth-order valence-corrected chi connectivity index (χ4v) is 2.61. The number of nitrogens with one attached hydrogen (secondary N) is 2. The van der Waals surface area contributed by atoms with Crippen LogP contribution in [-0.2, 0) is 17.9 Å². The Balaban J connectivity index is 1.57. The number of methoxy groups -OCH3 is 1. The number of hydrogen-bond acceptors (Lipinski definition) is 4. The monoisotopic (exact) mass is 364 g/mol. The topological polar surface area (TPSA) is 80.6 Å². The van der Waals surface area contributed by atoms with Crippen molar-refractivity contribution in [3.05, 3.63) is 89.4 Å². The fourth-order valence-electron chi connectivity index (χ4n) is 2.61. The summed E-state index contributed by atoms with van der Waals surface area (Å²) in [5, 5.41) is 5.65. The molecule has 0 bridgehead atoms. The summed E-state index contributed by atoms with van der Waals surface area (Å²) < 4.78 is 10.2. The third-order valence-corrected chi connectivity index (χ3v) is 3.97. The molecule has 3 aromatic rings. The number of carbonyl (C=O) groups excluding carboxylic acids is 2. The van der Waals surface area contributed by atoms with E-state index < -0.39 is 0 Å². The van der Waals surface area contributed by atoms with Crippen LogP contribution in [0, 0.1) is 0 Å². The van der Waals surface area contributed by atoms with Crippen molar-refractivity contribution in [2.75, 3.05) is 12.4 Å². The molecule has 0 fully saturated rings. The Bertz CT molecular complexity index is 902. The average Bonchev–Trinajstić information content (AvgIpc) is 3.23. The van der Waals surface area contributed by atoms with Crippen LogP contribution in [0.25, 0.3) is 0 Å². The van der Waals surface area contributed by atoms with Crippen molar-refractivity contribution in [2.24, 2.45) is 0 Å². The number of furan rings is 1. The van der Waals surface area contributed by atoms with Crippen LogP contribution in [0.1, 0.15) is 32.0 Å². The molecule has 1 heterocycles. The smallest absolute Gasteiger partial charge is 0.291 e. The third kappa shape index (κ3) is 4.83. The van der Waals surface area contributed by atoms with Gasteiger partial charge in [-0.2, -0.15) is 0 Å². The Kier molecular flexibility index (Phi) is 6.02. The van der Waals surface area contributed by atoms with E-state index in [2.05, 4.69) is 10.6 Å². The fraction of sp³-hybridized carbons (Fsp3) is 0.143. The Labute approximate surface area is 157 Å². The van der Waals surface area contributed by atoms with Crippen LogP contribution in [0.4, 0.5) is 5.69 Å². The summed E-state index contributed by atoms with van der Waals surface area (Å²) in [6, 6.07) is 17.9. The molecular weight excluding hydrogens is 344 g/mol. The summed E-state index contributed by atoms with van der Waals surface area (Å²) in [7, 11) is 1.60. The van der Waals surface area contributed by atoms with Gasteiger partial charge < -0.3 is 19.8 Å². The van der Waals surface area contributed by atoms with Gasteiger partial charge in [-0.05, 0) is 41.5 Å². The van der Waals surface area contributed by atoms with Gasteiger partial charge in [0.2, 0.25) is 0 Å². The van der Waals surface area contributed by atoms with Gasteiger partial charge >= 0.3 is 0 Å². The van der Waals surface area contributed by atoms with Crippen molar-refractivity contribution >= 4 is 17.5 Å². The second-order valence-corrected chi connectivity index (χ2v) is 5.90. The molecule has 27 heavy (non-hydrogen) atoms. The van der Waals surface area contributed by atoms with E-state index in [9.17, 15) is 9.59 Å². The molecule has 2 amide bonds. The number of hydrogen-bond donors (Lipinski definition) is 2. The van der Waals surface area contributed by atoms with Crippen LogP contribution in [0.15, 0.2) is 71.3 Å². The molecule has 2 N–H and O–H groups in total. The Morgan fingerprint density at radius 1 is 0.963 bits per heavy atom. The number of carbonyl (C=O) groups is 2. The Morgan fingerprint density at radius 3 is 2.44 bits per heavy atom. The van der Waals surface area contributed by atoms with Crippen LogP contribution in [0.2, 0.25) is 0 Å². The largest absolute Gasteiger partial charge is 0.459 e. The normalized spacial score (nSPS) is 10.4. The van der Waals surface area contributed by atoms with E-state index in [0.29, 0.717) is 24.4 Å². The first-order valence-corrected chi connectivity index (χ1v) is 8.46. The molecule has 0 atom stereocenters. The highest BCUT2D eigenvalue weighted by Gasteiger charge is 2.11. The Morgan fingerprint density at radius 2 is 1.74 bits per heavy atom. The van der Waals surface area contributed by atoms with Gasteiger partial charge in [0.1, 0.15) is 0 Å². The minimum atomic E-state index is -0.309. The highest BCUT2D eigenvalue weighted by Crippen LogP contribution is 2.13. The van der Waals surface area contributed by atoms with Gasteiger partial charge in [-0.25, -0.2) is 0 Å². The van der Waals surface area contributed by atoms with E-state index in [1.165, 1.54) is 6.26 Å². The first kappa shape index (κ1) is 18.4. The minimum absolute atomic E-state index is 0.155. The lowest BCUT2D eigenvalue weighted by Gasteiger charge is -2.10. The zero-order valence-electron chi connectivity index (χ0n) is 14.9. The zero-order valence-corrected chi connectivity index (χ0v) is 14.9. The SMILES string of the molecule is COCc1ccccc1C(=O)NCc1ccc(NC(=O)c2ccco2)cc1. The predicted octanol–water partition coefficient (Wildman–Crippen LogP) is 3.61. The predicted molar refractivity (Wildman–Crippen MR) is 101 cm³/mol. The molecule has 0 spiro atoms. The number of ether oxygens (including phenoxy) is 1. The van der Waals surface area contributed by atoms with Gasteiger partial charge in [-0.15, -0.1) is 0 Å². The molecule has 0 saturated heterocycles. The van der Waals surface area contributed by atoms with Crippen molar-refractivity contribution < 1.29 is 18.7 Å². The first-order chi connectivity index (χ1) is 13.2. The van der Waals surface area contributed by atoms with Gasteiger partial charge in [0, 0.05) is 24.9 Å². The van der Waals surface area contributed by atoms with Gasteiger partial charge in [-0.1, -0.05) is 30.3 Å². The summed E-state index contributed by atoms with van der Waals surface area (Å²) in [6.45, 7) is 0.764. The maximum atomic E-state index is 12.4. The molecule has 138 valence electrons. The molecule has 0 aliphatic rings.